The molecule has 0 aliphatic carbocycles. The molecule has 0 N–H and O–H groups in total. The molecule has 0 aromatic heterocycles. The van der Waals surface area contributed by atoms with Crippen molar-refractivity contribution in [1.29, 1.82) is 0 Å². The van der Waals surface area contributed by atoms with Crippen LogP contribution < -0.4 is 0 Å². The summed E-state index contributed by atoms with van der Waals surface area (Å²) in [6.07, 6.45) is 67.0. The summed E-state index contributed by atoms with van der Waals surface area (Å²) in [7, 11) is 0. The van der Waals surface area contributed by atoms with Crippen LogP contribution in [0.3, 0.4) is 0 Å². The van der Waals surface area contributed by atoms with Crippen molar-refractivity contribution < 1.29 is 28.6 Å². The van der Waals surface area contributed by atoms with Gasteiger partial charge in [0, 0.05) is 19.3 Å². The Bertz CT molecular complexity index is 1130. The van der Waals surface area contributed by atoms with Crippen LogP contribution in [0.4, 0.5) is 0 Å². The largest absolute Gasteiger partial charge is 0.462 e. The van der Waals surface area contributed by atoms with E-state index in [4.69, 9.17) is 14.2 Å². The van der Waals surface area contributed by atoms with Crippen LogP contribution in [0.5, 0.6) is 0 Å². The molecule has 0 rings (SSSR count). The fraction of sp³-hybridized carbons (Fsp3) is 0.852. The van der Waals surface area contributed by atoms with Crippen molar-refractivity contribution >= 4 is 17.9 Å². The summed E-state index contributed by atoms with van der Waals surface area (Å²) in [5.74, 6) is -0.868. The second kappa shape index (κ2) is 56.2. The Morgan fingerprint density at radius 2 is 0.537 bits per heavy atom. The summed E-state index contributed by atoms with van der Waals surface area (Å²) >= 11 is 0. The maximum absolute atomic E-state index is 12.9. The molecule has 6 heteroatoms. The van der Waals surface area contributed by atoms with E-state index in [0.29, 0.717) is 19.3 Å². The number of ether oxygens (including phenoxy) is 3. The Kier molecular flexibility index (Phi) is 54.2. The van der Waals surface area contributed by atoms with Crippen molar-refractivity contribution in [3.8, 4) is 0 Å². The van der Waals surface area contributed by atoms with Gasteiger partial charge in [0.2, 0.25) is 0 Å². The molecule has 67 heavy (non-hydrogen) atoms. The van der Waals surface area contributed by atoms with E-state index in [1.165, 1.54) is 205 Å². The standard InChI is InChI=1S/C61H112O6/c1-4-7-10-13-16-19-22-25-27-29-30-32-34-37-40-43-46-49-52-55-61(64)67-58(56-65-59(62)53-50-47-44-41-38-35-24-21-18-15-12-9-6-3)57-66-60(63)54-51-48-45-42-39-36-33-31-28-26-23-20-17-14-11-8-5-2/h16,19,21,24-25,27,58H,4-15,17-18,20,22-23,26,28-57H2,1-3H3/b19-16-,24-21-,27-25-/t58-/m1/s1. The van der Waals surface area contributed by atoms with Gasteiger partial charge in [-0.25, -0.2) is 0 Å². The summed E-state index contributed by atoms with van der Waals surface area (Å²) in [6.45, 7) is 6.63. The quantitative estimate of drug-likeness (QED) is 0.0262. The summed E-state index contributed by atoms with van der Waals surface area (Å²) < 4.78 is 16.9. The predicted molar refractivity (Wildman–Crippen MR) is 289 cm³/mol. The minimum absolute atomic E-state index is 0.0726. The molecular weight excluding hydrogens is 829 g/mol. The van der Waals surface area contributed by atoms with Gasteiger partial charge in [-0.05, 0) is 77.0 Å². The molecule has 0 radical (unpaired) electrons. The van der Waals surface area contributed by atoms with Crippen LogP contribution in [0.1, 0.15) is 316 Å². The molecule has 0 aromatic rings. The van der Waals surface area contributed by atoms with Crippen molar-refractivity contribution in [2.45, 2.75) is 322 Å². The van der Waals surface area contributed by atoms with E-state index in [1.807, 2.05) is 0 Å². The molecule has 6 nitrogen and oxygen atoms in total. The van der Waals surface area contributed by atoms with E-state index in [0.717, 1.165) is 70.6 Å². The number of allylic oxidation sites excluding steroid dienone is 6. The lowest BCUT2D eigenvalue weighted by atomic mass is 10.0. The van der Waals surface area contributed by atoms with Crippen molar-refractivity contribution in [2.24, 2.45) is 0 Å². The summed E-state index contributed by atoms with van der Waals surface area (Å²) in [5, 5.41) is 0. The molecule has 0 spiro atoms. The van der Waals surface area contributed by atoms with Gasteiger partial charge in [-0.3, -0.25) is 14.4 Å². The number of hydrogen-bond donors (Lipinski definition) is 0. The first-order chi connectivity index (χ1) is 33.0. The monoisotopic (exact) mass is 941 g/mol. The highest BCUT2D eigenvalue weighted by molar-refractivity contribution is 5.71. The topological polar surface area (TPSA) is 78.9 Å². The second-order valence-corrected chi connectivity index (χ2v) is 19.9. The molecule has 0 fully saturated rings. The van der Waals surface area contributed by atoms with Gasteiger partial charge in [0.05, 0.1) is 0 Å². The maximum atomic E-state index is 12.9. The van der Waals surface area contributed by atoms with Gasteiger partial charge in [-0.2, -0.15) is 0 Å². The van der Waals surface area contributed by atoms with Crippen molar-refractivity contribution in [1.82, 2.24) is 0 Å². The van der Waals surface area contributed by atoms with E-state index in [-0.39, 0.29) is 31.1 Å². The molecule has 0 unspecified atom stereocenters. The molecule has 0 amide bonds. The lowest BCUT2D eigenvalue weighted by molar-refractivity contribution is -0.167. The first-order valence-electron chi connectivity index (χ1n) is 29.5. The third kappa shape index (κ3) is 54.4. The van der Waals surface area contributed by atoms with Crippen molar-refractivity contribution in [3.05, 3.63) is 36.5 Å². The highest BCUT2D eigenvalue weighted by atomic mass is 16.6. The van der Waals surface area contributed by atoms with E-state index >= 15 is 0 Å². The Morgan fingerprint density at radius 1 is 0.299 bits per heavy atom. The zero-order valence-electron chi connectivity index (χ0n) is 44.9. The van der Waals surface area contributed by atoms with Crippen LogP contribution in [-0.4, -0.2) is 37.2 Å². The average molecular weight is 942 g/mol. The highest BCUT2D eigenvalue weighted by Crippen LogP contribution is 2.17. The van der Waals surface area contributed by atoms with E-state index < -0.39 is 6.10 Å². The number of hydrogen-bond acceptors (Lipinski definition) is 6. The van der Waals surface area contributed by atoms with Gasteiger partial charge in [0.25, 0.3) is 0 Å². The number of unbranched alkanes of at least 4 members (excludes halogenated alkanes) is 37. The molecule has 0 bridgehead atoms. The molecular formula is C61H112O6. The Hall–Kier alpha value is -2.37. The Morgan fingerprint density at radius 3 is 0.881 bits per heavy atom. The number of carbonyl (C=O) groups excluding carboxylic acids is 3. The number of carbonyl (C=O) groups is 3. The van der Waals surface area contributed by atoms with Crippen LogP contribution in [-0.2, 0) is 28.6 Å². The third-order valence-electron chi connectivity index (χ3n) is 13.1. The van der Waals surface area contributed by atoms with Crippen LogP contribution in [0.2, 0.25) is 0 Å². The van der Waals surface area contributed by atoms with Crippen LogP contribution in [0.15, 0.2) is 36.5 Å². The average Bonchev–Trinajstić information content (AvgIpc) is 3.33. The first kappa shape index (κ1) is 64.6. The third-order valence-corrected chi connectivity index (χ3v) is 13.1. The van der Waals surface area contributed by atoms with E-state index in [1.54, 1.807) is 0 Å². The maximum Gasteiger partial charge on any atom is 0.306 e. The summed E-state index contributed by atoms with van der Waals surface area (Å²) in [6, 6.07) is 0. The van der Waals surface area contributed by atoms with Gasteiger partial charge < -0.3 is 14.2 Å². The zero-order chi connectivity index (χ0) is 48.6. The number of esters is 3. The Balaban J connectivity index is 4.33. The molecule has 0 aromatic carbocycles. The molecule has 0 aliphatic heterocycles. The van der Waals surface area contributed by atoms with Gasteiger partial charge in [-0.1, -0.05) is 256 Å². The molecule has 0 aliphatic rings. The van der Waals surface area contributed by atoms with Gasteiger partial charge in [0.1, 0.15) is 13.2 Å². The lowest BCUT2D eigenvalue weighted by Crippen LogP contribution is -2.30. The fourth-order valence-corrected chi connectivity index (χ4v) is 8.65. The summed E-state index contributed by atoms with van der Waals surface area (Å²) in [4.78, 5) is 38.2. The molecule has 392 valence electrons. The first-order valence-corrected chi connectivity index (χ1v) is 29.5. The molecule has 0 saturated carbocycles. The molecule has 0 heterocycles. The Labute approximate surface area is 416 Å². The van der Waals surface area contributed by atoms with Crippen molar-refractivity contribution in [2.75, 3.05) is 13.2 Å². The predicted octanol–water partition coefficient (Wildman–Crippen LogP) is 19.7. The minimum Gasteiger partial charge on any atom is -0.462 e. The van der Waals surface area contributed by atoms with Gasteiger partial charge >= 0.3 is 17.9 Å². The normalized spacial score (nSPS) is 12.2. The van der Waals surface area contributed by atoms with E-state index in [2.05, 4.69) is 57.2 Å². The number of rotatable bonds is 54. The fourth-order valence-electron chi connectivity index (χ4n) is 8.65. The minimum atomic E-state index is -0.775. The van der Waals surface area contributed by atoms with Crippen molar-refractivity contribution in [3.63, 3.8) is 0 Å². The smallest absolute Gasteiger partial charge is 0.306 e. The van der Waals surface area contributed by atoms with Gasteiger partial charge in [-0.15, -0.1) is 0 Å². The molecule has 1 atom stereocenters. The molecule has 0 saturated heterocycles. The SMILES string of the molecule is CCCCC/C=C\C/C=C\CCCCCCCCCCCC(=O)O[C@H](COC(=O)CCCCCCC/C=C\CCCCCC)COC(=O)CCCCCCCCCCCCCCCCCCC. The van der Waals surface area contributed by atoms with Crippen LogP contribution in [0.25, 0.3) is 0 Å². The van der Waals surface area contributed by atoms with Gasteiger partial charge in [0.15, 0.2) is 6.10 Å². The zero-order valence-corrected chi connectivity index (χ0v) is 44.9. The van der Waals surface area contributed by atoms with Crippen LogP contribution >= 0.6 is 0 Å². The van der Waals surface area contributed by atoms with E-state index in [9.17, 15) is 14.4 Å². The van der Waals surface area contributed by atoms with Crippen LogP contribution in [0, 0.1) is 0 Å². The second-order valence-electron chi connectivity index (χ2n) is 19.9. The lowest BCUT2D eigenvalue weighted by Gasteiger charge is -2.18. The highest BCUT2D eigenvalue weighted by Gasteiger charge is 2.19. The summed E-state index contributed by atoms with van der Waals surface area (Å²) in [5.41, 5.74) is 0.